The monoisotopic (exact) mass is 327 g/mol. The Hall–Kier alpha value is -1.95. The first-order chi connectivity index (χ1) is 10.9. The van der Waals surface area contributed by atoms with Gasteiger partial charge in [-0.05, 0) is 43.7 Å². The van der Waals surface area contributed by atoms with Gasteiger partial charge in [-0.25, -0.2) is 22.0 Å². The maximum absolute atomic E-state index is 16.0. The van der Waals surface area contributed by atoms with E-state index in [-0.39, 0.29) is 0 Å². The minimum Gasteiger partial charge on any atom is -0.310 e. The number of alkyl halides is 1. The smallest absolute Gasteiger partial charge is 0.181 e. The third-order valence-electron chi connectivity index (χ3n) is 4.19. The lowest BCUT2D eigenvalue weighted by Crippen LogP contribution is -2.44. The van der Waals surface area contributed by atoms with Gasteiger partial charge in [0.25, 0.3) is 0 Å². The van der Waals surface area contributed by atoms with E-state index in [1.165, 1.54) is 0 Å². The molecule has 1 atom stereocenters. The van der Waals surface area contributed by atoms with Crippen LogP contribution < -0.4 is 5.32 Å². The summed E-state index contributed by atoms with van der Waals surface area (Å²) in [6.45, 7) is 0.502. The normalized spacial score (nSPS) is 18.4. The van der Waals surface area contributed by atoms with Crippen molar-refractivity contribution in [2.45, 2.75) is 24.6 Å². The van der Waals surface area contributed by atoms with Crippen LogP contribution in [0.5, 0.6) is 0 Å². The molecular formula is C17H14F5N. The zero-order chi connectivity index (χ0) is 16.6. The maximum Gasteiger partial charge on any atom is 0.181 e. The Morgan fingerprint density at radius 2 is 1.39 bits per heavy atom. The Morgan fingerprint density at radius 3 is 1.78 bits per heavy atom. The molecule has 1 fully saturated rings. The number of hydrogen-bond donors (Lipinski definition) is 1. The van der Waals surface area contributed by atoms with Crippen LogP contribution in [-0.2, 0) is 5.67 Å². The van der Waals surface area contributed by atoms with E-state index in [0.717, 1.165) is 24.3 Å². The predicted octanol–water partition coefficient (Wildman–Crippen LogP) is 4.21. The van der Waals surface area contributed by atoms with Crippen molar-refractivity contribution < 1.29 is 22.0 Å². The summed E-state index contributed by atoms with van der Waals surface area (Å²) in [6.07, 6.45) is 0.992. The van der Waals surface area contributed by atoms with Crippen LogP contribution in [0.25, 0.3) is 0 Å². The standard InChI is InChI=1S/C17H14F5N/c18-10-3-5-12(14(20)8-10)17(22,16-2-1-7-23-16)13-6-4-11(19)9-15(13)21/h3-6,8-9,16,23H,1-2,7H2/t16-/m0/s1. The van der Waals surface area contributed by atoms with Crippen molar-refractivity contribution in [3.63, 3.8) is 0 Å². The molecule has 0 spiro atoms. The molecule has 1 N–H and O–H groups in total. The van der Waals surface area contributed by atoms with Gasteiger partial charge in [-0.2, -0.15) is 0 Å². The van der Waals surface area contributed by atoms with E-state index < -0.39 is 46.1 Å². The quantitative estimate of drug-likeness (QED) is 0.833. The molecule has 0 aromatic heterocycles. The second-order valence-electron chi connectivity index (χ2n) is 5.61. The molecule has 0 aliphatic carbocycles. The molecule has 0 unspecified atom stereocenters. The molecule has 1 nitrogen and oxygen atoms in total. The van der Waals surface area contributed by atoms with Crippen molar-refractivity contribution in [3.05, 3.63) is 70.8 Å². The van der Waals surface area contributed by atoms with Crippen LogP contribution in [0, 0.1) is 23.3 Å². The number of halogens is 5. The van der Waals surface area contributed by atoms with Crippen LogP contribution in [0.15, 0.2) is 36.4 Å². The molecule has 3 rings (SSSR count). The van der Waals surface area contributed by atoms with E-state index >= 15 is 4.39 Å². The molecule has 1 saturated heterocycles. The summed E-state index contributed by atoms with van der Waals surface area (Å²) in [5.41, 5.74) is -3.50. The number of hydrogen-bond acceptors (Lipinski definition) is 1. The first kappa shape index (κ1) is 15.9. The van der Waals surface area contributed by atoms with Crippen LogP contribution in [0.1, 0.15) is 24.0 Å². The summed E-state index contributed by atoms with van der Waals surface area (Å²) in [7, 11) is 0. The lowest BCUT2D eigenvalue weighted by atomic mass is 9.80. The molecule has 0 bridgehead atoms. The van der Waals surface area contributed by atoms with Gasteiger partial charge in [0.05, 0.1) is 0 Å². The number of benzene rings is 2. The Kier molecular flexibility index (Phi) is 4.10. The zero-order valence-electron chi connectivity index (χ0n) is 12.1. The van der Waals surface area contributed by atoms with E-state index in [2.05, 4.69) is 5.32 Å². The Labute approximate surface area is 130 Å². The van der Waals surface area contributed by atoms with E-state index in [1.807, 2.05) is 0 Å². The Bertz CT molecular complexity index is 673. The van der Waals surface area contributed by atoms with Crippen LogP contribution in [0.3, 0.4) is 0 Å². The summed E-state index contributed by atoms with van der Waals surface area (Å²) in [5.74, 6) is -3.92. The fourth-order valence-corrected chi connectivity index (χ4v) is 3.11. The molecule has 122 valence electrons. The molecule has 1 aliphatic rings. The predicted molar refractivity (Wildman–Crippen MR) is 75.6 cm³/mol. The largest absolute Gasteiger partial charge is 0.310 e. The van der Waals surface area contributed by atoms with Crippen molar-refractivity contribution in [1.29, 1.82) is 0 Å². The van der Waals surface area contributed by atoms with E-state index in [4.69, 9.17) is 0 Å². The van der Waals surface area contributed by atoms with Crippen molar-refractivity contribution in [2.24, 2.45) is 0 Å². The molecule has 0 saturated carbocycles. The molecule has 1 heterocycles. The average molecular weight is 327 g/mol. The minimum absolute atomic E-state index is 0.351. The van der Waals surface area contributed by atoms with Gasteiger partial charge in [0.2, 0.25) is 0 Å². The zero-order valence-corrected chi connectivity index (χ0v) is 12.1. The van der Waals surface area contributed by atoms with Gasteiger partial charge in [-0.3, -0.25) is 0 Å². The van der Waals surface area contributed by atoms with Gasteiger partial charge >= 0.3 is 0 Å². The first-order valence-corrected chi connectivity index (χ1v) is 7.26. The SMILES string of the molecule is Fc1ccc(C(F)(c2ccc(F)cc2F)[C@@H]2CCCN2)c(F)c1. The van der Waals surface area contributed by atoms with Gasteiger partial charge in [-0.1, -0.05) is 0 Å². The molecule has 1 aliphatic heterocycles. The van der Waals surface area contributed by atoms with E-state index in [9.17, 15) is 17.6 Å². The topological polar surface area (TPSA) is 12.0 Å². The lowest BCUT2D eigenvalue weighted by Gasteiger charge is -2.33. The fraction of sp³-hybridized carbons (Fsp3) is 0.294. The minimum atomic E-state index is -2.56. The summed E-state index contributed by atoms with van der Waals surface area (Å²) in [6, 6.07) is 4.00. The molecule has 2 aromatic carbocycles. The average Bonchev–Trinajstić information content (AvgIpc) is 3.01. The first-order valence-electron chi connectivity index (χ1n) is 7.26. The molecule has 0 radical (unpaired) electrons. The van der Waals surface area contributed by atoms with Crippen molar-refractivity contribution in [3.8, 4) is 0 Å². The van der Waals surface area contributed by atoms with E-state index in [1.54, 1.807) is 0 Å². The van der Waals surface area contributed by atoms with Crippen molar-refractivity contribution >= 4 is 0 Å². The highest BCUT2D eigenvalue weighted by Gasteiger charge is 2.47. The molecule has 23 heavy (non-hydrogen) atoms. The van der Waals surface area contributed by atoms with Crippen LogP contribution >= 0.6 is 0 Å². The highest BCUT2D eigenvalue weighted by atomic mass is 19.2. The third kappa shape index (κ3) is 2.72. The molecular weight excluding hydrogens is 313 g/mol. The van der Waals surface area contributed by atoms with E-state index in [0.29, 0.717) is 31.5 Å². The second-order valence-corrected chi connectivity index (χ2v) is 5.61. The fourth-order valence-electron chi connectivity index (χ4n) is 3.11. The summed E-state index contributed by atoms with van der Waals surface area (Å²) in [4.78, 5) is 0. The molecule has 6 heteroatoms. The summed E-state index contributed by atoms with van der Waals surface area (Å²) < 4.78 is 70.6. The van der Waals surface area contributed by atoms with Crippen LogP contribution in [0.4, 0.5) is 22.0 Å². The molecule has 0 amide bonds. The van der Waals surface area contributed by atoms with Crippen molar-refractivity contribution in [1.82, 2.24) is 5.32 Å². The molecule has 2 aromatic rings. The second kappa shape index (κ2) is 5.92. The maximum atomic E-state index is 16.0. The van der Waals surface area contributed by atoms with Crippen LogP contribution in [-0.4, -0.2) is 12.6 Å². The number of nitrogens with one attached hydrogen (secondary N) is 1. The highest BCUT2D eigenvalue weighted by Crippen LogP contribution is 2.42. The summed E-state index contributed by atoms with van der Waals surface area (Å²) in [5, 5.41) is 2.88. The van der Waals surface area contributed by atoms with Gasteiger partial charge in [0.1, 0.15) is 23.3 Å². The highest BCUT2D eigenvalue weighted by molar-refractivity contribution is 5.40. The lowest BCUT2D eigenvalue weighted by molar-refractivity contribution is 0.152. The Balaban J connectivity index is 2.21. The Morgan fingerprint density at radius 1 is 0.870 bits per heavy atom. The van der Waals surface area contributed by atoms with Crippen LogP contribution in [0.2, 0.25) is 0 Å². The van der Waals surface area contributed by atoms with Gasteiger partial charge < -0.3 is 5.32 Å². The number of rotatable bonds is 3. The van der Waals surface area contributed by atoms with Gasteiger partial charge in [0.15, 0.2) is 5.67 Å². The third-order valence-corrected chi connectivity index (χ3v) is 4.19. The van der Waals surface area contributed by atoms with Gasteiger partial charge in [-0.15, -0.1) is 0 Å². The summed E-state index contributed by atoms with van der Waals surface area (Å²) >= 11 is 0. The van der Waals surface area contributed by atoms with Gasteiger partial charge in [0, 0.05) is 29.3 Å². The van der Waals surface area contributed by atoms with Crippen molar-refractivity contribution in [2.75, 3.05) is 6.54 Å².